The van der Waals surface area contributed by atoms with Gasteiger partial charge in [0.1, 0.15) is 0 Å². The largest absolute Gasteiger partial charge is 0.493 e. The number of rotatable bonds is 3. The van der Waals surface area contributed by atoms with Crippen LogP contribution >= 0.6 is 0 Å². The van der Waals surface area contributed by atoms with Gasteiger partial charge >= 0.3 is 0 Å². The number of aromatic hydroxyl groups is 1. The van der Waals surface area contributed by atoms with Crippen LogP contribution in [0.4, 0.5) is 5.69 Å². The highest BCUT2D eigenvalue weighted by molar-refractivity contribution is 5.94. The third kappa shape index (κ3) is 2.10. The molecule has 19 heavy (non-hydrogen) atoms. The van der Waals surface area contributed by atoms with Crippen LogP contribution in [-0.4, -0.2) is 27.7 Å². The lowest BCUT2D eigenvalue weighted by atomic mass is 10.1. The van der Waals surface area contributed by atoms with E-state index in [1.807, 2.05) is 24.3 Å². The van der Waals surface area contributed by atoms with Crippen molar-refractivity contribution in [3.8, 4) is 5.88 Å². The van der Waals surface area contributed by atoms with Crippen molar-refractivity contribution >= 4 is 16.6 Å². The molecular formula is C14H17N3O2. The fourth-order valence-electron chi connectivity index (χ4n) is 2.81. The number of benzene rings is 1. The van der Waals surface area contributed by atoms with E-state index in [9.17, 15) is 10.0 Å². The zero-order chi connectivity index (χ0) is 13.2. The van der Waals surface area contributed by atoms with Gasteiger partial charge in [-0.2, -0.15) is 0 Å². The summed E-state index contributed by atoms with van der Waals surface area (Å²) in [5.74, 6) is -0.0261. The minimum Gasteiger partial charge on any atom is -0.493 e. The monoisotopic (exact) mass is 259 g/mol. The highest BCUT2D eigenvalue weighted by Crippen LogP contribution is 2.38. The Labute approximate surface area is 111 Å². The van der Waals surface area contributed by atoms with Gasteiger partial charge in [-0.1, -0.05) is 24.6 Å². The predicted molar refractivity (Wildman–Crippen MR) is 74.5 cm³/mol. The van der Waals surface area contributed by atoms with Crippen LogP contribution in [0.3, 0.4) is 0 Å². The fourth-order valence-corrected chi connectivity index (χ4v) is 2.81. The first-order chi connectivity index (χ1) is 9.31. The molecule has 1 N–H and O–H groups in total. The van der Waals surface area contributed by atoms with E-state index in [-0.39, 0.29) is 11.6 Å². The zero-order valence-electron chi connectivity index (χ0n) is 10.7. The zero-order valence-corrected chi connectivity index (χ0v) is 10.7. The Hall–Kier alpha value is -1.88. The normalized spacial score (nSPS) is 16.8. The Morgan fingerprint density at radius 1 is 1.16 bits per heavy atom. The van der Waals surface area contributed by atoms with Gasteiger partial charge in [0.25, 0.3) is 0 Å². The fraction of sp³-hybridized carbons (Fsp3) is 0.429. The third-order valence-corrected chi connectivity index (χ3v) is 3.80. The molecule has 0 radical (unpaired) electrons. The van der Waals surface area contributed by atoms with Crippen molar-refractivity contribution in [3.05, 3.63) is 29.2 Å². The van der Waals surface area contributed by atoms with E-state index in [1.54, 1.807) is 4.57 Å². The average molecular weight is 259 g/mol. The van der Waals surface area contributed by atoms with Crippen molar-refractivity contribution in [3.63, 3.8) is 0 Å². The molecular weight excluding hydrogens is 242 g/mol. The number of para-hydroxylation sites is 1. The lowest BCUT2D eigenvalue weighted by Gasteiger charge is -2.27. The number of piperidine rings is 1. The van der Waals surface area contributed by atoms with Crippen molar-refractivity contribution < 1.29 is 5.11 Å². The second-order valence-corrected chi connectivity index (χ2v) is 5.03. The van der Waals surface area contributed by atoms with Crippen LogP contribution in [0.1, 0.15) is 19.3 Å². The van der Waals surface area contributed by atoms with E-state index < -0.39 is 0 Å². The Kier molecular flexibility index (Phi) is 3.21. The van der Waals surface area contributed by atoms with Crippen LogP contribution < -0.4 is 0 Å². The number of hydrogen-bond acceptors (Lipinski definition) is 4. The summed E-state index contributed by atoms with van der Waals surface area (Å²) >= 11 is 0. The Bertz CT molecular complexity index is 600. The number of fused-ring (bicyclic) bond motifs is 1. The minimum atomic E-state index is -0.0261. The van der Waals surface area contributed by atoms with E-state index >= 15 is 0 Å². The van der Waals surface area contributed by atoms with E-state index in [1.165, 1.54) is 19.3 Å². The summed E-state index contributed by atoms with van der Waals surface area (Å²) in [4.78, 5) is 13.2. The molecule has 0 atom stereocenters. The molecule has 0 bridgehead atoms. The lowest BCUT2D eigenvalue weighted by molar-refractivity contribution is 0.178. The number of aromatic nitrogens is 1. The maximum Gasteiger partial charge on any atom is 0.223 e. The number of hydrogen-bond donors (Lipinski definition) is 1. The van der Waals surface area contributed by atoms with Crippen molar-refractivity contribution in [2.45, 2.75) is 25.9 Å². The summed E-state index contributed by atoms with van der Waals surface area (Å²) in [5, 5.41) is 13.9. The molecule has 0 aliphatic carbocycles. The van der Waals surface area contributed by atoms with Crippen molar-refractivity contribution in [2.24, 2.45) is 5.18 Å². The molecule has 1 saturated heterocycles. The molecule has 0 saturated carbocycles. The minimum absolute atomic E-state index is 0.0261. The molecule has 100 valence electrons. The topological polar surface area (TPSA) is 57.8 Å². The molecule has 1 aromatic carbocycles. The molecule has 5 nitrogen and oxygen atoms in total. The first kappa shape index (κ1) is 12.2. The van der Waals surface area contributed by atoms with Gasteiger partial charge in [-0.15, -0.1) is 4.91 Å². The van der Waals surface area contributed by atoms with E-state index in [4.69, 9.17) is 0 Å². The molecule has 2 aromatic rings. The Morgan fingerprint density at radius 2 is 1.89 bits per heavy atom. The van der Waals surface area contributed by atoms with Crippen molar-refractivity contribution in [1.29, 1.82) is 0 Å². The number of nitroso groups, excluding NO2 is 1. The highest BCUT2D eigenvalue weighted by Gasteiger charge is 2.19. The Balaban J connectivity index is 2.02. The standard InChI is InChI=1S/C14H17N3O2/c18-14-13(15-19)11-6-2-3-7-12(11)17(14)10-16-8-4-1-5-9-16/h2-3,6-7,18H,1,4-5,8-10H2. The Morgan fingerprint density at radius 3 is 2.63 bits per heavy atom. The van der Waals surface area contributed by atoms with Crippen LogP contribution in [0.2, 0.25) is 0 Å². The van der Waals surface area contributed by atoms with Crippen LogP contribution in [0.25, 0.3) is 10.9 Å². The average Bonchev–Trinajstić information content (AvgIpc) is 2.73. The molecule has 1 aliphatic rings. The molecule has 0 amide bonds. The van der Waals surface area contributed by atoms with Crippen molar-refractivity contribution in [1.82, 2.24) is 9.47 Å². The molecule has 0 spiro atoms. The molecule has 0 unspecified atom stereocenters. The van der Waals surface area contributed by atoms with Gasteiger partial charge in [0.2, 0.25) is 5.88 Å². The maximum atomic E-state index is 10.9. The first-order valence-electron chi connectivity index (χ1n) is 6.67. The van der Waals surface area contributed by atoms with Gasteiger partial charge in [0.05, 0.1) is 12.2 Å². The van der Waals surface area contributed by atoms with Gasteiger partial charge in [0, 0.05) is 5.39 Å². The van der Waals surface area contributed by atoms with Gasteiger partial charge in [-0.3, -0.25) is 9.47 Å². The summed E-state index contributed by atoms with van der Waals surface area (Å²) in [6.07, 6.45) is 3.66. The number of nitrogens with zero attached hydrogens (tertiary/aromatic N) is 3. The van der Waals surface area contributed by atoms with Gasteiger partial charge < -0.3 is 5.11 Å². The summed E-state index contributed by atoms with van der Waals surface area (Å²) in [6, 6.07) is 7.48. The van der Waals surface area contributed by atoms with E-state index in [0.29, 0.717) is 12.1 Å². The van der Waals surface area contributed by atoms with Gasteiger partial charge in [0.15, 0.2) is 5.69 Å². The molecule has 1 fully saturated rings. The van der Waals surface area contributed by atoms with Crippen molar-refractivity contribution in [2.75, 3.05) is 13.1 Å². The smallest absolute Gasteiger partial charge is 0.223 e. The quantitative estimate of drug-likeness (QED) is 0.861. The molecule has 2 heterocycles. The lowest BCUT2D eigenvalue weighted by Crippen LogP contribution is -2.31. The van der Waals surface area contributed by atoms with E-state index in [2.05, 4.69) is 10.1 Å². The third-order valence-electron chi connectivity index (χ3n) is 3.80. The van der Waals surface area contributed by atoms with Crippen LogP contribution in [-0.2, 0) is 6.67 Å². The van der Waals surface area contributed by atoms with Crippen LogP contribution in [0, 0.1) is 4.91 Å². The van der Waals surface area contributed by atoms with Gasteiger partial charge in [-0.05, 0) is 37.2 Å². The van der Waals surface area contributed by atoms with Crippen LogP contribution in [0.5, 0.6) is 5.88 Å². The second kappa shape index (κ2) is 5.01. The van der Waals surface area contributed by atoms with Crippen LogP contribution in [0.15, 0.2) is 29.4 Å². The number of likely N-dealkylation sites (tertiary alicyclic amines) is 1. The maximum absolute atomic E-state index is 10.9. The summed E-state index contributed by atoms with van der Waals surface area (Å²) < 4.78 is 1.78. The summed E-state index contributed by atoms with van der Waals surface area (Å²) in [5.41, 5.74) is 1.01. The molecule has 1 aliphatic heterocycles. The van der Waals surface area contributed by atoms with Gasteiger partial charge in [-0.25, -0.2) is 0 Å². The predicted octanol–water partition coefficient (Wildman–Crippen LogP) is 3.19. The van der Waals surface area contributed by atoms with E-state index in [0.717, 1.165) is 18.6 Å². The second-order valence-electron chi connectivity index (χ2n) is 5.03. The SMILES string of the molecule is O=Nc1c(O)n(CN2CCCCC2)c2ccccc12. The molecule has 3 rings (SSSR count). The summed E-state index contributed by atoms with van der Waals surface area (Å²) in [7, 11) is 0. The summed E-state index contributed by atoms with van der Waals surface area (Å²) in [6.45, 7) is 2.69. The molecule has 5 heteroatoms. The highest BCUT2D eigenvalue weighted by atomic mass is 16.3. The molecule has 1 aromatic heterocycles. The first-order valence-corrected chi connectivity index (χ1v) is 6.67.